The molecule has 2 aromatic rings. The van der Waals surface area contributed by atoms with Crippen LogP contribution >= 0.6 is 24.0 Å². The molecule has 0 aliphatic heterocycles. The van der Waals surface area contributed by atoms with E-state index in [1.165, 1.54) is 0 Å². The van der Waals surface area contributed by atoms with E-state index in [1.807, 2.05) is 37.3 Å². The quantitative estimate of drug-likeness (QED) is 0.875. The minimum absolute atomic E-state index is 0. The van der Waals surface area contributed by atoms with Crippen LogP contribution in [0, 0.1) is 6.92 Å². The summed E-state index contributed by atoms with van der Waals surface area (Å²) < 4.78 is 5.79. The Labute approximate surface area is 125 Å². The summed E-state index contributed by atoms with van der Waals surface area (Å²) in [6.45, 7) is 6.97. The van der Waals surface area contributed by atoms with Gasteiger partial charge in [0.2, 0.25) is 0 Å². The lowest BCUT2D eigenvalue weighted by Crippen LogP contribution is -2.21. The van der Waals surface area contributed by atoms with Crippen molar-refractivity contribution in [3.8, 4) is 11.3 Å². The Hall–Kier alpha value is -0.960. The zero-order valence-electron chi connectivity index (χ0n) is 11.4. The number of benzene rings is 1. The fourth-order valence-corrected chi connectivity index (χ4v) is 1.86. The van der Waals surface area contributed by atoms with Crippen LogP contribution in [-0.4, -0.2) is 6.04 Å². The highest BCUT2D eigenvalue weighted by Gasteiger charge is 2.06. The second kappa shape index (κ2) is 6.99. The lowest BCUT2D eigenvalue weighted by molar-refractivity contribution is 0.473. The first-order chi connectivity index (χ1) is 8.56. The Bertz CT molecular complexity index is 535. The first kappa shape index (κ1) is 16.1. The number of hydrogen-bond acceptors (Lipinski definition) is 2. The summed E-state index contributed by atoms with van der Waals surface area (Å²) >= 11 is 6.12. The molecule has 1 N–H and O–H groups in total. The van der Waals surface area contributed by atoms with Gasteiger partial charge in [0.1, 0.15) is 11.5 Å². The van der Waals surface area contributed by atoms with Crippen molar-refractivity contribution in [2.45, 2.75) is 33.4 Å². The van der Waals surface area contributed by atoms with Crippen molar-refractivity contribution in [3.05, 3.63) is 46.7 Å². The summed E-state index contributed by atoms with van der Waals surface area (Å²) in [4.78, 5) is 0. The van der Waals surface area contributed by atoms with Crippen LogP contribution in [0.5, 0.6) is 0 Å². The second-order valence-corrected chi connectivity index (χ2v) is 5.17. The molecule has 0 aliphatic rings. The maximum Gasteiger partial charge on any atom is 0.134 e. The number of furan rings is 1. The molecule has 0 fully saturated rings. The molecule has 0 spiro atoms. The highest BCUT2D eigenvalue weighted by molar-refractivity contribution is 6.31. The van der Waals surface area contributed by atoms with Crippen LogP contribution in [0.2, 0.25) is 5.02 Å². The molecule has 0 unspecified atom stereocenters. The van der Waals surface area contributed by atoms with E-state index in [0.717, 1.165) is 34.2 Å². The Balaban J connectivity index is 0.00000180. The summed E-state index contributed by atoms with van der Waals surface area (Å²) in [7, 11) is 0. The maximum absolute atomic E-state index is 6.12. The molecule has 1 aromatic carbocycles. The van der Waals surface area contributed by atoms with Crippen molar-refractivity contribution >= 4 is 24.0 Å². The number of halogens is 2. The van der Waals surface area contributed by atoms with Gasteiger partial charge in [0.25, 0.3) is 0 Å². The van der Waals surface area contributed by atoms with Crippen LogP contribution in [0.4, 0.5) is 0 Å². The largest absolute Gasteiger partial charge is 0.460 e. The van der Waals surface area contributed by atoms with Crippen molar-refractivity contribution in [1.82, 2.24) is 5.32 Å². The van der Waals surface area contributed by atoms with Gasteiger partial charge in [-0.1, -0.05) is 37.6 Å². The van der Waals surface area contributed by atoms with Gasteiger partial charge in [-0.3, -0.25) is 0 Å². The van der Waals surface area contributed by atoms with E-state index < -0.39 is 0 Å². The third kappa shape index (κ3) is 4.27. The SMILES string of the molecule is Cc1ccc(-c2ccc(CNC(C)C)o2)cc1Cl.Cl. The van der Waals surface area contributed by atoms with Crippen molar-refractivity contribution in [1.29, 1.82) is 0 Å². The van der Waals surface area contributed by atoms with E-state index in [9.17, 15) is 0 Å². The summed E-state index contributed by atoms with van der Waals surface area (Å²) in [6.07, 6.45) is 0. The zero-order chi connectivity index (χ0) is 13.1. The molecule has 0 amide bonds. The molecule has 0 atom stereocenters. The molecule has 0 radical (unpaired) electrons. The van der Waals surface area contributed by atoms with Gasteiger partial charge < -0.3 is 9.73 Å². The van der Waals surface area contributed by atoms with Crippen molar-refractivity contribution in [2.75, 3.05) is 0 Å². The lowest BCUT2D eigenvalue weighted by atomic mass is 10.1. The highest BCUT2D eigenvalue weighted by atomic mass is 35.5. The van der Waals surface area contributed by atoms with Crippen LogP contribution < -0.4 is 5.32 Å². The van der Waals surface area contributed by atoms with Gasteiger partial charge in [0.15, 0.2) is 0 Å². The fraction of sp³-hybridized carbons (Fsp3) is 0.333. The molecular weight excluding hydrogens is 281 g/mol. The Morgan fingerprint density at radius 3 is 2.58 bits per heavy atom. The third-order valence-corrected chi connectivity index (χ3v) is 3.21. The smallest absolute Gasteiger partial charge is 0.134 e. The fourth-order valence-electron chi connectivity index (χ4n) is 1.68. The van der Waals surface area contributed by atoms with Gasteiger partial charge >= 0.3 is 0 Å². The first-order valence-corrected chi connectivity index (χ1v) is 6.52. The van der Waals surface area contributed by atoms with Gasteiger partial charge in [-0.05, 0) is 30.7 Å². The molecule has 2 rings (SSSR count). The van der Waals surface area contributed by atoms with E-state index >= 15 is 0 Å². The number of aryl methyl sites for hydroxylation is 1. The Morgan fingerprint density at radius 1 is 1.21 bits per heavy atom. The van der Waals surface area contributed by atoms with E-state index in [4.69, 9.17) is 16.0 Å². The second-order valence-electron chi connectivity index (χ2n) is 4.77. The Kier molecular flexibility index (Phi) is 5.92. The van der Waals surface area contributed by atoms with Crippen LogP contribution in [0.3, 0.4) is 0 Å². The predicted octanol–water partition coefficient (Wildman–Crippen LogP) is 4.83. The summed E-state index contributed by atoms with van der Waals surface area (Å²) in [6, 6.07) is 10.4. The molecule has 0 saturated heterocycles. The molecular formula is C15H19Cl2NO. The van der Waals surface area contributed by atoms with Crippen LogP contribution in [-0.2, 0) is 6.54 Å². The van der Waals surface area contributed by atoms with E-state index in [1.54, 1.807) is 0 Å². The molecule has 4 heteroatoms. The van der Waals surface area contributed by atoms with Gasteiger partial charge in [0.05, 0.1) is 6.54 Å². The number of rotatable bonds is 4. The van der Waals surface area contributed by atoms with E-state index in [0.29, 0.717) is 6.04 Å². The Morgan fingerprint density at radius 2 is 1.95 bits per heavy atom. The predicted molar refractivity (Wildman–Crippen MR) is 83.1 cm³/mol. The van der Waals surface area contributed by atoms with E-state index in [2.05, 4.69) is 19.2 Å². The van der Waals surface area contributed by atoms with Crippen molar-refractivity contribution in [3.63, 3.8) is 0 Å². The van der Waals surface area contributed by atoms with E-state index in [-0.39, 0.29) is 12.4 Å². The summed E-state index contributed by atoms with van der Waals surface area (Å²) in [5.41, 5.74) is 2.09. The van der Waals surface area contributed by atoms with Gasteiger partial charge in [0, 0.05) is 16.6 Å². The molecule has 1 heterocycles. The normalized spacial score (nSPS) is 10.6. The molecule has 19 heavy (non-hydrogen) atoms. The number of nitrogens with one attached hydrogen (secondary N) is 1. The monoisotopic (exact) mass is 299 g/mol. The first-order valence-electron chi connectivity index (χ1n) is 6.15. The molecule has 104 valence electrons. The summed E-state index contributed by atoms with van der Waals surface area (Å²) in [5.74, 6) is 1.80. The average molecular weight is 300 g/mol. The highest BCUT2D eigenvalue weighted by Crippen LogP contribution is 2.26. The van der Waals surface area contributed by atoms with Gasteiger partial charge in [-0.2, -0.15) is 0 Å². The molecule has 2 nitrogen and oxygen atoms in total. The third-order valence-electron chi connectivity index (χ3n) is 2.80. The topological polar surface area (TPSA) is 25.2 Å². The zero-order valence-corrected chi connectivity index (χ0v) is 12.9. The van der Waals surface area contributed by atoms with Crippen LogP contribution in [0.1, 0.15) is 25.2 Å². The molecule has 1 aromatic heterocycles. The van der Waals surface area contributed by atoms with Gasteiger partial charge in [-0.15, -0.1) is 12.4 Å². The molecule has 0 saturated carbocycles. The van der Waals surface area contributed by atoms with Crippen LogP contribution in [0.25, 0.3) is 11.3 Å². The maximum atomic E-state index is 6.12. The number of hydrogen-bond donors (Lipinski definition) is 1. The standard InChI is InChI=1S/C15H18ClNO.ClH/c1-10(2)17-9-13-6-7-15(18-13)12-5-4-11(3)14(16)8-12;/h4-8,10,17H,9H2,1-3H3;1H. The minimum atomic E-state index is 0. The molecule has 0 aliphatic carbocycles. The average Bonchev–Trinajstić information content (AvgIpc) is 2.79. The lowest BCUT2D eigenvalue weighted by Gasteiger charge is -2.05. The summed E-state index contributed by atoms with van der Waals surface area (Å²) in [5, 5.41) is 4.10. The molecule has 0 bridgehead atoms. The van der Waals surface area contributed by atoms with Crippen molar-refractivity contribution < 1.29 is 4.42 Å². The minimum Gasteiger partial charge on any atom is -0.460 e. The van der Waals surface area contributed by atoms with Gasteiger partial charge in [-0.25, -0.2) is 0 Å². The van der Waals surface area contributed by atoms with Crippen LogP contribution in [0.15, 0.2) is 34.7 Å². The van der Waals surface area contributed by atoms with Crippen molar-refractivity contribution in [2.24, 2.45) is 0 Å².